The van der Waals surface area contributed by atoms with Crippen molar-refractivity contribution < 1.29 is 19.0 Å². The fourth-order valence-corrected chi connectivity index (χ4v) is 2.07. The first-order chi connectivity index (χ1) is 12.3. The second kappa shape index (κ2) is 10.9. The van der Waals surface area contributed by atoms with Gasteiger partial charge in [0.15, 0.2) is 0 Å². The summed E-state index contributed by atoms with van der Waals surface area (Å²) in [4.78, 5) is 11.6. The van der Waals surface area contributed by atoms with E-state index in [1.54, 1.807) is 7.11 Å². The number of ether oxygens (including phenoxy) is 3. The van der Waals surface area contributed by atoms with E-state index in [1.165, 1.54) is 0 Å². The lowest BCUT2D eigenvalue weighted by molar-refractivity contribution is -0.119. The van der Waals surface area contributed by atoms with Gasteiger partial charge in [0.25, 0.3) is 0 Å². The van der Waals surface area contributed by atoms with Gasteiger partial charge in [-0.05, 0) is 24.3 Å². The highest BCUT2D eigenvalue weighted by atomic mass is 16.5. The highest BCUT2D eigenvalue weighted by Crippen LogP contribution is 2.17. The molecule has 6 heteroatoms. The Morgan fingerprint density at radius 1 is 0.920 bits per heavy atom. The molecule has 25 heavy (non-hydrogen) atoms. The molecule has 0 heterocycles. The number of nitrogens with one attached hydrogen (secondary N) is 2. The van der Waals surface area contributed by atoms with Crippen LogP contribution in [-0.4, -0.2) is 45.9 Å². The van der Waals surface area contributed by atoms with Crippen molar-refractivity contribution >= 4 is 11.6 Å². The molecule has 0 saturated heterocycles. The van der Waals surface area contributed by atoms with Crippen LogP contribution in [0.5, 0.6) is 11.5 Å². The molecule has 2 aromatic carbocycles. The van der Waals surface area contributed by atoms with Crippen molar-refractivity contribution in [2.75, 3.05) is 45.3 Å². The average Bonchev–Trinajstić information content (AvgIpc) is 2.65. The second-order valence-electron chi connectivity index (χ2n) is 5.23. The van der Waals surface area contributed by atoms with Crippen molar-refractivity contribution in [2.45, 2.75) is 0 Å². The van der Waals surface area contributed by atoms with Crippen LogP contribution in [0, 0.1) is 0 Å². The van der Waals surface area contributed by atoms with E-state index in [9.17, 15) is 4.79 Å². The topological polar surface area (TPSA) is 68.8 Å². The van der Waals surface area contributed by atoms with Gasteiger partial charge >= 0.3 is 0 Å². The maximum absolute atomic E-state index is 11.6. The maximum Gasteiger partial charge on any atom is 0.239 e. The number of para-hydroxylation sites is 1. The molecular formula is C19H24N2O4. The summed E-state index contributed by atoms with van der Waals surface area (Å²) in [6.07, 6.45) is 0. The lowest BCUT2D eigenvalue weighted by Crippen LogP contribution is -2.32. The summed E-state index contributed by atoms with van der Waals surface area (Å²) in [5, 5.41) is 5.82. The molecule has 0 atom stereocenters. The van der Waals surface area contributed by atoms with Gasteiger partial charge in [0.1, 0.15) is 24.7 Å². The predicted molar refractivity (Wildman–Crippen MR) is 97.2 cm³/mol. The van der Waals surface area contributed by atoms with E-state index in [4.69, 9.17) is 14.2 Å². The molecule has 0 unspecified atom stereocenters. The first-order valence-corrected chi connectivity index (χ1v) is 8.18. The Labute approximate surface area is 148 Å². The summed E-state index contributed by atoms with van der Waals surface area (Å²) in [5.74, 6) is 1.46. The Morgan fingerprint density at radius 2 is 1.64 bits per heavy atom. The number of rotatable bonds is 11. The molecule has 134 valence electrons. The summed E-state index contributed by atoms with van der Waals surface area (Å²) in [6.45, 7) is 2.10. The van der Waals surface area contributed by atoms with E-state index in [2.05, 4.69) is 10.6 Å². The lowest BCUT2D eigenvalue weighted by Gasteiger charge is -2.11. The van der Waals surface area contributed by atoms with Crippen molar-refractivity contribution in [2.24, 2.45) is 0 Å². The van der Waals surface area contributed by atoms with Gasteiger partial charge in [0.05, 0.1) is 13.2 Å². The summed E-state index contributed by atoms with van der Waals surface area (Å²) in [7, 11) is 1.60. The van der Waals surface area contributed by atoms with Gasteiger partial charge in [-0.2, -0.15) is 0 Å². The quantitative estimate of drug-likeness (QED) is 0.612. The van der Waals surface area contributed by atoms with Crippen LogP contribution in [0.15, 0.2) is 54.6 Å². The SMILES string of the molecule is COCCNC(=O)CNc1cccc(OCCOc2ccccc2)c1. The number of anilines is 1. The standard InChI is InChI=1S/C19H24N2O4/c1-23-11-10-20-19(22)15-21-16-6-5-9-18(14-16)25-13-12-24-17-7-3-2-4-8-17/h2-9,14,21H,10-13,15H2,1H3,(H,20,22). The summed E-state index contributed by atoms with van der Waals surface area (Å²) < 4.78 is 16.1. The fourth-order valence-electron chi connectivity index (χ4n) is 2.07. The molecule has 0 aliphatic rings. The van der Waals surface area contributed by atoms with Crippen LogP contribution in [0.1, 0.15) is 0 Å². The Kier molecular flexibility index (Phi) is 8.14. The minimum absolute atomic E-state index is 0.0837. The molecule has 2 N–H and O–H groups in total. The molecule has 2 rings (SSSR count). The average molecular weight is 344 g/mol. The predicted octanol–water partition coefficient (Wildman–Crippen LogP) is 2.32. The van der Waals surface area contributed by atoms with Gasteiger partial charge < -0.3 is 24.8 Å². The maximum atomic E-state index is 11.6. The van der Waals surface area contributed by atoms with Crippen LogP contribution in [-0.2, 0) is 9.53 Å². The minimum atomic E-state index is -0.0837. The van der Waals surface area contributed by atoms with Gasteiger partial charge in [0.2, 0.25) is 5.91 Å². The number of methoxy groups -OCH3 is 1. The highest BCUT2D eigenvalue weighted by Gasteiger charge is 2.02. The zero-order chi connectivity index (χ0) is 17.7. The molecule has 0 bridgehead atoms. The molecule has 0 radical (unpaired) electrons. The number of hydrogen-bond donors (Lipinski definition) is 2. The van der Waals surface area contributed by atoms with Crippen molar-refractivity contribution in [3.8, 4) is 11.5 Å². The van der Waals surface area contributed by atoms with E-state index < -0.39 is 0 Å². The number of carbonyl (C=O) groups excluding carboxylic acids is 1. The van der Waals surface area contributed by atoms with Gasteiger partial charge in [-0.3, -0.25) is 4.79 Å². The van der Waals surface area contributed by atoms with Crippen molar-refractivity contribution in [3.05, 3.63) is 54.6 Å². The summed E-state index contributed by atoms with van der Waals surface area (Å²) >= 11 is 0. The first-order valence-electron chi connectivity index (χ1n) is 8.18. The van der Waals surface area contributed by atoms with Gasteiger partial charge in [-0.1, -0.05) is 24.3 Å². The molecule has 0 aliphatic heterocycles. The third-order valence-electron chi connectivity index (χ3n) is 3.28. The molecule has 0 fully saturated rings. The Morgan fingerprint density at radius 3 is 2.40 bits per heavy atom. The highest BCUT2D eigenvalue weighted by molar-refractivity contribution is 5.80. The van der Waals surface area contributed by atoms with Gasteiger partial charge in [0, 0.05) is 25.4 Å². The van der Waals surface area contributed by atoms with Crippen LogP contribution in [0.2, 0.25) is 0 Å². The molecule has 0 spiro atoms. The van der Waals surface area contributed by atoms with Crippen molar-refractivity contribution in [1.29, 1.82) is 0 Å². The minimum Gasteiger partial charge on any atom is -0.490 e. The van der Waals surface area contributed by atoms with Crippen LogP contribution < -0.4 is 20.1 Å². The smallest absolute Gasteiger partial charge is 0.239 e. The normalized spacial score (nSPS) is 10.1. The molecular weight excluding hydrogens is 320 g/mol. The Balaban J connectivity index is 1.68. The summed E-state index contributed by atoms with van der Waals surface area (Å²) in [5.41, 5.74) is 0.823. The van der Waals surface area contributed by atoms with E-state index >= 15 is 0 Å². The molecule has 0 aliphatic carbocycles. The van der Waals surface area contributed by atoms with Gasteiger partial charge in [-0.15, -0.1) is 0 Å². The van der Waals surface area contributed by atoms with Crippen molar-refractivity contribution in [1.82, 2.24) is 5.32 Å². The van der Waals surface area contributed by atoms with Crippen LogP contribution in [0.4, 0.5) is 5.69 Å². The zero-order valence-electron chi connectivity index (χ0n) is 14.4. The number of amides is 1. The third kappa shape index (κ3) is 7.58. The third-order valence-corrected chi connectivity index (χ3v) is 3.28. The van der Waals surface area contributed by atoms with Crippen LogP contribution >= 0.6 is 0 Å². The molecule has 6 nitrogen and oxygen atoms in total. The fraction of sp³-hybridized carbons (Fsp3) is 0.316. The molecule has 1 amide bonds. The lowest BCUT2D eigenvalue weighted by atomic mass is 10.3. The number of benzene rings is 2. The van der Waals surface area contributed by atoms with E-state index in [-0.39, 0.29) is 12.5 Å². The van der Waals surface area contributed by atoms with E-state index in [0.29, 0.717) is 26.4 Å². The molecule has 0 saturated carbocycles. The largest absolute Gasteiger partial charge is 0.490 e. The van der Waals surface area contributed by atoms with E-state index in [0.717, 1.165) is 17.2 Å². The van der Waals surface area contributed by atoms with Crippen LogP contribution in [0.3, 0.4) is 0 Å². The molecule has 0 aromatic heterocycles. The monoisotopic (exact) mass is 344 g/mol. The van der Waals surface area contributed by atoms with Crippen molar-refractivity contribution in [3.63, 3.8) is 0 Å². The van der Waals surface area contributed by atoms with E-state index in [1.807, 2.05) is 54.6 Å². The number of carbonyl (C=O) groups is 1. The van der Waals surface area contributed by atoms with Crippen LogP contribution in [0.25, 0.3) is 0 Å². The molecule has 2 aromatic rings. The Bertz CT molecular complexity index is 634. The Hall–Kier alpha value is -2.73. The first kappa shape index (κ1) is 18.6. The second-order valence-corrected chi connectivity index (χ2v) is 5.23. The zero-order valence-corrected chi connectivity index (χ0v) is 14.4. The van der Waals surface area contributed by atoms with Gasteiger partial charge in [-0.25, -0.2) is 0 Å². The summed E-state index contributed by atoms with van der Waals surface area (Å²) in [6, 6.07) is 17.1. The number of hydrogen-bond acceptors (Lipinski definition) is 5.